The van der Waals surface area contributed by atoms with Gasteiger partial charge in [0.2, 0.25) is 0 Å². The second-order valence-corrected chi connectivity index (χ2v) is 6.48. The molecule has 0 aliphatic carbocycles. The van der Waals surface area contributed by atoms with Crippen LogP contribution in [-0.4, -0.2) is 26.4 Å². The zero-order valence-corrected chi connectivity index (χ0v) is 14.7. The van der Waals surface area contributed by atoms with Gasteiger partial charge in [0.05, 0.1) is 23.5 Å². The summed E-state index contributed by atoms with van der Waals surface area (Å²) in [6.07, 6.45) is 3.39. The molecule has 0 bridgehead atoms. The monoisotopic (exact) mass is 374 g/mol. The van der Waals surface area contributed by atoms with E-state index in [2.05, 4.69) is 15.4 Å². The van der Waals surface area contributed by atoms with Crippen molar-refractivity contribution in [3.63, 3.8) is 0 Å². The molecule has 0 spiro atoms. The summed E-state index contributed by atoms with van der Waals surface area (Å²) in [6.45, 7) is 0.232. The van der Waals surface area contributed by atoms with Crippen LogP contribution in [0, 0.1) is 0 Å². The zero-order chi connectivity index (χ0) is 18.5. The van der Waals surface area contributed by atoms with Crippen molar-refractivity contribution in [3.8, 4) is 11.3 Å². The van der Waals surface area contributed by atoms with Crippen molar-refractivity contribution in [3.05, 3.63) is 66.1 Å². The highest BCUT2D eigenvalue weighted by atomic mass is 32.2. The van der Waals surface area contributed by atoms with E-state index >= 15 is 0 Å². The number of benzene rings is 1. The molecule has 2 heterocycles. The van der Waals surface area contributed by atoms with Gasteiger partial charge in [-0.05, 0) is 30.3 Å². The Morgan fingerprint density at radius 2 is 2.08 bits per heavy atom. The summed E-state index contributed by atoms with van der Waals surface area (Å²) in [5.41, 5.74) is 2.64. The van der Waals surface area contributed by atoms with E-state index in [0.717, 1.165) is 17.0 Å². The number of nitrogens with zero attached hydrogens (tertiary/aromatic N) is 3. The van der Waals surface area contributed by atoms with E-state index in [-0.39, 0.29) is 17.0 Å². The number of aryl methyl sites for hydroxylation is 1. The van der Waals surface area contributed by atoms with Gasteiger partial charge in [-0.3, -0.25) is 14.5 Å². The molecule has 3 aromatic rings. The highest BCUT2D eigenvalue weighted by Crippen LogP contribution is 2.28. The summed E-state index contributed by atoms with van der Waals surface area (Å²) in [6, 6.07) is 11.9. The molecule has 1 aromatic carbocycles. The van der Waals surface area contributed by atoms with Gasteiger partial charge in [0.1, 0.15) is 0 Å². The summed E-state index contributed by atoms with van der Waals surface area (Å²) in [5, 5.41) is 7.17. The Morgan fingerprint density at radius 3 is 2.81 bits per heavy atom. The number of carbonyl (C=O) groups is 1. The van der Waals surface area contributed by atoms with Crippen LogP contribution in [-0.2, 0) is 13.6 Å². The van der Waals surface area contributed by atoms with Crippen LogP contribution in [0.4, 0.5) is 8.78 Å². The molecule has 134 valence electrons. The Kier molecular flexibility index (Phi) is 5.62. The quantitative estimate of drug-likeness (QED) is 0.668. The number of carbonyl (C=O) groups excluding carboxylic acids is 1. The number of halogens is 2. The molecule has 0 saturated heterocycles. The first-order valence-corrected chi connectivity index (χ1v) is 8.68. The summed E-state index contributed by atoms with van der Waals surface area (Å²) in [5.74, 6) is -2.99. The van der Waals surface area contributed by atoms with Crippen molar-refractivity contribution in [2.24, 2.45) is 7.05 Å². The standard InChI is InChI=1S/C18H16F2N4OS/c1-24-13(9-15(23-24)12-5-4-8-21-10-12)11-22-17(25)14-6-2-3-7-16(14)26-18(19)20/h2-10,18H,11H2,1H3,(H,22,25). The lowest BCUT2D eigenvalue weighted by molar-refractivity contribution is 0.0947. The lowest BCUT2D eigenvalue weighted by atomic mass is 10.2. The minimum Gasteiger partial charge on any atom is -0.346 e. The minimum absolute atomic E-state index is 0.229. The average Bonchev–Trinajstić information content (AvgIpc) is 3.01. The van der Waals surface area contributed by atoms with Crippen LogP contribution in [0.1, 0.15) is 16.1 Å². The molecule has 2 aromatic heterocycles. The Morgan fingerprint density at radius 1 is 1.27 bits per heavy atom. The first-order chi connectivity index (χ1) is 12.5. The van der Waals surface area contributed by atoms with Crippen LogP contribution < -0.4 is 5.32 Å². The van der Waals surface area contributed by atoms with E-state index < -0.39 is 11.7 Å². The smallest absolute Gasteiger partial charge is 0.288 e. The van der Waals surface area contributed by atoms with Crippen LogP contribution in [0.5, 0.6) is 0 Å². The SMILES string of the molecule is Cn1nc(-c2cccnc2)cc1CNC(=O)c1ccccc1SC(F)F. The Bertz CT molecular complexity index is 899. The van der Waals surface area contributed by atoms with Crippen molar-refractivity contribution in [1.29, 1.82) is 0 Å². The molecule has 26 heavy (non-hydrogen) atoms. The molecule has 0 saturated carbocycles. The molecule has 0 unspecified atom stereocenters. The van der Waals surface area contributed by atoms with Crippen LogP contribution in [0.3, 0.4) is 0 Å². The molecule has 0 aliphatic rings. The van der Waals surface area contributed by atoms with Crippen LogP contribution in [0.15, 0.2) is 59.8 Å². The predicted molar refractivity (Wildman–Crippen MR) is 95.9 cm³/mol. The van der Waals surface area contributed by atoms with E-state index in [9.17, 15) is 13.6 Å². The van der Waals surface area contributed by atoms with Crippen molar-refractivity contribution >= 4 is 17.7 Å². The number of amides is 1. The molecule has 0 atom stereocenters. The molecular weight excluding hydrogens is 358 g/mol. The Labute approximate surface area is 153 Å². The summed E-state index contributed by atoms with van der Waals surface area (Å²) in [7, 11) is 1.78. The van der Waals surface area contributed by atoms with Gasteiger partial charge in [0, 0.05) is 29.9 Å². The maximum atomic E-state index is 12.6. The van der Waals surface area contributed by atoms with Crippen molar-refractivity contribution in [2.45, 2.75) is 17.2 Å². The molecule has 8 heteroatoms. The largest absolute Gasteiger partial charge is 0.346 e. The minimum atomic E-state index is -2.58. The molecule has 0 aliphatic heterocycles. The lowest BCUT2D eigenvalue weighted by Gasteiger charge is -2.09. The number of alkyl halides is 2. The van der Waals surface area contributed by atoms with E-state index in [4.69, 9.17) is 0 Å². The second kappa shape index (κ2) is 8.09. The zero-order valence-electron chi connectivity index (χ0n) is 13.9. The summed E-state index contributed by atoms with van der Waals surface area (Å²) < 4.78 is 27.0. The number of nitrogens with one attached hydrogen (secondary N) is 1. The van der Waals surface area contributed by atoms with Gasteiger partial charge >= 0.3 is 0 Å². The van der Waals surface area contributed by atoms with Gasteiger partial charge in [-0.2, -0.15) is 13.9 Å². The number of thioether (sulfide) groups is 1. The number of rotatable bonds is 6. The van der Waals surface area contributed by atoms with Crippen molar-refractivity contribution in [2.75, 3.05) is 0 Å². The fourth-order valence-electron chi connectivity index (χ4n) is 2.45. The maximum absolute atomic E-state index is 12.6. The second-order valence-electron chi connectivity index (χ2n) is 5.44. The Balaban J connectivity index is 1.72. The molecule has 5 nitrogen and oxygen atoms in total. The van der Waals surface area contributed by atoms with Crippen LogP contribution in [0.2, 0.25) is 0 Å². The van der Waals surface area contributed by atoms with Gasteiger partial charge in [0.15, 0.2) is 0 Å². The first kappa shape index (κ1) is 18.1. The highest BCUT2D eigenvalue weighted by Gasteiger charge is 2.16. The summed E-state index contributed by atoms with van der Waals surface area (Å²) in [4.78, 5) is 16.7. The van der Waals surface area contributed by atoms with Gasteiger partial charge < -0.3 is 5.32 Å². The fraction of sp³-hybridized carbons (Fsp3) is 0.167. The van der Waals surface area contributed by atoms with Crippen molar-refractivity contribution < 1.29 is 13.6 Å². The molecule has 0 fully saturated rings. The molecular formula is C18H16F2N4OS. The maximum Gasteiger partial charge on any atom is 0.288 e. The van der Waals surface area contributed by atoms with Gasteiger partial charge in [-0.25, -0.2) is 0 Å². The lowest BCUT2D eigenvalue weighted by Crippen LogP contribution is -2.24. The van der Waals surface area contributed by atoms with Gasteiger partial charge in [-0.15, -0.1) is 0 Å². The van der Waals surface area contributed by atoms with Gasteiger partial charge in [-0.1, -0.05) is 23.9 Å². The summed E-state index contributed by atoms with van der Waals surface area (Å²) >= 11 is 0.361. The number of pyridine rings is 1. The molecule has 0 radical (unpaired) electrons. The van der Waals surface area contributed by atoms with E-state index in [0.29, 0.717) is 11.8 Å². The third-order valence-electron chi connectivity index (χ3n) is 3.71. The number of aromatic nitrogens is 3. The number of hydrogen-bond donors (Lipinski definition) is 1. The third kappa shape index (κ3) is 4.26. The van der Waals surface area contributed by atoms with Crippen LogP contribution in [0.25, 0.3) is 11.3 Å². The number of hydrogen-bond acceptors (Lipinski definition) is 4. The topological polar surface area (TPSA) is 59.8 Å². The van der Waals surface area contributed by atoms with E-state index in [1.807, 2.05) is 18.2 Å². The average molecular weight is 374 g/mol. The van der Waals surface area contributed by atoms with Gasteiger partial charge in [0.25, 0.3) is 11.7 Å². The normalized spacial score (nSPS) is 10.9. The molecule has 3 rings (SSSR count). The predicted octanol–water partition coefficient (Wildman–Crippen LogP) is 3.73. The molecule has 1 amide bonds. The third-order valence-corrected chi connectivity index (χ3v) is 4.50. The van der Waals surface area contributed by atoms with Crippen molar-refractivity contribution in [1.82, 2.24) is 20.1 Å². The van der Waals surface area contributed by atoms with Crippen LogP contribution >= 0.6 is 11.8 Å². The first-order valence-electron chi connectivity index (χ1n) is 7.80. The van der Waals surface area contributed by atoms with E-state index in [1.165, 1.54) is 12.1 Å². The fourth-order valence-corrected chi connectivity index (χ4v) is 3.08. The van der Waals surface area contributed by atoms with E-state index in [1.54, 1.807) is 36.3 Å². The molecule has 1 N–H and O–H groups in total. The highest BCUT2D eigenvalue weighted by molar-refractivity contribution is 7.99. The Hall–Kier alpha value is -2.74.